The Bertz CT molecular complexity index is 961. The van der Waals surface area contributed by atoms with Gasteiger partial charge in [0.2, 0.25) is 0 Å². The van der Waals surface area contributed by atoms with Gasteiger partial charge >= 0.3 is 0 Å². The van der Waals surface area contributed by atoms with Gasteiger partial charge in [-0.2, -0.15) is 10.2 Å². The lowest BCUT2D eigenvalue weighted by Gasteiger charge is -2.35. The van der Waals surface area contributed by atoms with Gasteiger partial charge in [0.15, 0.2) is 5.82 Å². The fourth-order valence-electron chi connectivity index (χ4n) is 3.43. The molecule has 0 N–H and O–H groups in total. The SMILES string of the molecule is Cc1nnc(N2CCN(CCn3ncccc3=O)CC2)c2ccccc12. The molecule has 2 aromatic heterocycles. The highest BCUT2D eigenvalue weighted by molar-refractivity contribution is 5.93. The largest absolute Gasteiger partial charge is 0.352 e. The van der Waals surface area contributed by atoms with Crippen LogP contribution >= 0.6 is 0 Å². The molecule has 0 amide bonds. The molecule has 26 heavy (non-hydrogen) atoms. The first kappa shape index (κ1) is 16.7. The lowest BCUT2D eigenvalue weighted by Crippen LogP contribution is -2.48. The smallest absolute Gasteiger partial charge is 0.266 e. The first-order chi connectivity index (χ1) is 12.7. The summed E-state index contributed by atoms with van der Waals surface area (Å²) in [5.74, 6) is 0.965. The van der Waals surface area contributed by atoms with E-state index in [0.717, 1.165) is 55.0 Å². The van der Waals surface area contributed by atoms with Gasteiger partial charge in [-0.05, 0) is 13.0 Å². The Morgan fingerprint density at radius 1 is 0.923 bits per heavy atom. The lowest BCUT2D eigenvalue weighted by atomic mass is 10.1. The van der Waals surface area contributed by atoms with Crippen LogP contribution in [0.25, 0.3) is 10.8 Å². The number of aryl methyl sites for hydroxylation is 1. The monoisotopic (exact) mass is 350 g/mol. The molecule has 1 saturated heterocycles. The minimum atomic E-state index is -0.0486. The van der Waals surface area contributed by atoms with Crippen molar-refractivity contribution in [3.8, 4) is 0 Å². The van der Waals surface area contributed by atoms with Crippen LogP contribution in [0.4, 0.5) is 5.82 Å². The Morgan fingerprint density at radius 3 is 2.46 bits per heavy atom. The zero-order chi connectivity index (χ0) is 17.9. The van der Waals surface area contributed by atoms with E-state index in [0.29, 0.717) is 6.54 Å². The maximum absolute atomic E-state index is 11.7. The summed E-state index contributed by atoms with van der Waals surface area (Å²) in [6, 6.07) is 11.5. The number of piperazine rings is 1. The van der Waals surface area contributed by atoms with Crippen LogP contribution in [0, 0.1) is 6.92 Å². The van der Waals surface area contributed by atoms with Gasteiger partial charge in [0.25, 0.3) is 5.56 Å². The van der Waals surface area contributed by atoms with Gasteiger partial charge in [0, 0.05) is 55.8 Å². The third-order valence-electron chi connectivity index (χ3n) is 4.94. The van der Waals surface area contributed by atoms with E-state index in [4.69, 9.17) is 0 Å². The van der Waals surface area contributed by atoms with Crippen molar-refractivity contribution in [2.45, 2.75) is 13.5 Å². The van der Waals surface area contributed by atoms with Crippen LogP contribution in [0.1, 0.15) is 5.69 Å². The molecule has 3 aromatic rings. The molecule has 0 atom stereocenters. The van der Waals surface area contributed by atoms with Gasteiger partial charge in [0.05, 0.1) is 12.2 Å². The molecule has 3 heterocycles. The van der Waals surface area contributed by atoms with Crippen molar-refractivity contribution in [3.63, 3.8) is 0 Å². The van der Waals surface area contributed by atoms with Gasteiger partial charge in [-0.3, -0.25) is 9.69 Å². The summed E-state index contributed by atoms with van der Waals surface area (Å²) in [5, 5.41) is 15.2. The maximum atomic E-state index is 11.7. The predicted octanol–water partition coefficient (Wildman–Crippen LogP) is 1.32. The highest BCUT2D eigenvalue weighted by Gasteiger charge is 2.20. The molecule has 0 bridgehead atoms. The number of nitrogens with zero attached hydrogens (tertiary/aromatic N) is 6. The summed E-state index contributed by atoms with van der Waals surface area (Å²) in [6.07, 6.45) is 1.65. The van der Waals surface area contributed by atoms with E-state index < -0.39 is 0 Å². The van der Waals surface area contributed by atoms with E-state index in [1.165, 1.54) is 4.68 Å². The Morgan fingerprint density at radius 2 is 1.69 bits per heavy atom. The van der Waals surface area contributed by atoms with Crippen molar-refractivity contribution in [2.75, 3.05) is 37.6 Å². The van der Waals surface area contributed by atoms with Crippen molar-refractivity contribution in [1.29, 1.82) is 0 Å². The van der Waals surface area contributed by atoms with Crippen molar-refractivity contribution in [1.82, 2.24) is 24.9 Å². The van der Waals surface area contributed by atoms with E-state index in [9.17, 15) is 4.79 Å². The molecule has 0 saturated carbocycles. The molecule has 1 aliphatic heterocycles. The summed E-state index contributed by atoms with van der Waals surface area (Å²) in [4.78, 5) is 16.4. The molecule has 134 valence electrons. The zero-order valence-corrected chi connectivity index (χ0v) is 14.9. The number of fused-ring (bicyclic) bond motifs is 1. The second kappa shape index (κ2) is 7.21. The standard InChI is InChI=1S/C19H22N6O/c1-15-16-5-2-3-6-17(16)19(22-21-15)24-12-9-23(10-13-24)11-14-25-18(26)7-4-8-20-25/h2-8H,9-14H2,1H3. The molecule has 7 nitrogen and oxygen atoms in total. The first-order valence-electron chi connectivity index (χ1n) is 8.94. The van der Waals surface area contributed by atoms with Gasteiger partial charge in [-0.1, -0.05) is 24.3 Å². The summed E-state index contributed by atoms with van der Waals surface area (Å²) in [7, 11) is 0. The Labute approximate surface area is 151 Å². The third kappa shape index (κ3) is 3.30. The summed E-state index contributed by atoms with van der Waals surface area (Å²) in [5.41, 5.74) is 0.913. The number of benzene rings is 1. The van der Waals surface area contributed by atoms with Crippen LogP contribution < -0.4 is 10.5 Å². The molecule has 1 aliphatic rings. The number of hydrogen-bond donors (Lipinski definition) is 0. The lowest BCUT2D eigenvalue weighted by molar-refractivity contribution is 0.242. The van der Waals surface area contributed by atoms with Crippen LogP contribution in [-0.2, 0) is 6.54 Å². The molecule has 1 fully saturated rings. The van der Waals surface area contributed by atoms with Crippen LogP contribution in [0.5, 0.6) is 0 Å². The van der Waals surface area contributed by atoms with Crippen molar-refractivity contribution in [2.24, 2.45) is 0 Å². The van der Waals surface area contributed by atoms with E-state index in [2.05, 4.69) is 37.2 Å². The summed E-state index contributed by atoms with van der Waals surface area (Å²) in [6.45, 7) is 7.11. The van der Waals surface area contributed by atoms with Gasteiger partial charge < -0.3 is 4.90 Å². The van der Waals surface area contributed by atoms with Crippen LogP contribution in [0.2, 0.25) is 0 Å². The van der Waals surface area contributed by atoms with Gasteiger partial charge in [-0.25, -0.2) is 4.68 Å². The maximum Gasteiger partial charge on any atom is 0.266 e. The molecule has 0 radical (unpaired) electrons. The average Bonchev–Trinajstić information content (AvgIpc) is 2.69. The van der Waals surface area contributed by atoms with Gasteiger partial charge in [0.1, 0.15) is 0 Å². The highest BCUT2D eigenvalue weighted by Crippen LogP contribution is 2.26. The van der Waals surface area contributed by atoms with E-state index >= 15 is 0 Å². The van der Waals surface area contributed by atoms with Crippen molar-refractivity contribution >= 4 is 16.6 Å². The van der Waals surface area contributed by atoms with Crippen LogP contribution in [0.15, 0.2) is 47.4 Å². The molecular formula is C19H22N6O. The fraction of sp³-hybridized carbons (Fsp3) is 0.368. The molecular weight excluding hydrogens is 328 g/mol. The second-order valence-electron chi connectivity index (χ2n) is 6.57. The Hall–Kier alpha value is -2.80. The quantitative estimate of drug-likeness (QED) is 0.707. The minimum absolute atomic E-state index is 0.0486. The van der Waals surface area contributed by atoms with Crippen molar-refractivity contribution < 1.29 is 0 Å². The molecule has 4 rings (SSSR count). The van der Waals surface area contributed by atoms with Gasteiger partial charge in [-0.15, -0.1) is 5.10 Å². The molecule has 0 aliphatic carbocycles. The first-order valence-corrected chi connectivity index (χ1v) is 8.94. The second-order valence-corrected chi connectivity index (χ2v) is 6.57. The molecule has 0 spiro atoms. The number of anilines is 1. The summed E-state index contributed by atoms with van der Waals surface area (Å²) < 4.78 is 1.52. The summed E-state index contributed by atoms with van der Waals surface area (Å²) >= 11 is 0. The van der Waals surface area contributed by atoms with Crippen LogP contribution in [-0.4, -0.2) is 57.6 Å². The third-order valence-corrected chi connectivity index (χ3v) is 4.94. The highest BCUT2D eigenvalue weighted by atomic mass is 16.1. The zero-order valence-electron chi connectivity index (χ0n) is 14.9. The number of aromatic nitrogens is 4. The fourth-order valence-corrected chi connectivity index (χ4v) is 3.43. The van der Waals surface area contributed by atoms with E-state index in [1.54, 1.807) is 18.3 Å². The minimum Gasteiger partial charge on any atom is -0.352 e. The Balaban J connectivity index is 1.42. The Kier molecular flexibility index (Phi) is 4.62. The molecule has 1 aromatic carbocycles. The molecule has 0 unspecified atom stereocenters. The molecule has 7 heteroatoms. The number of hydrogen-bond acceptors (Lipinski definition) is 6. The number of rotatable bonds is 4. The van der Waals surface area contributed by atoms with E-state index in [-0.39, 0.29) is 5.56 Å². The van der Waals surface area contributed by atoms with Crippen LogP contribution in [0.3, 0.4) is 0 Å². The predicted molar refractivity (Wildman–Crippen MR) is 101 cm³/mol. The topological polar surface area (TPSA) is 67.2 Å². The van der Waals surface area contributed by atoms with E-state index in [1.807, 2.05) is 19.1 Å². The van der Waals surface area contributed by atoms with Crippen molar-refractivity contribution in [3.05, 3.63) is 58.6 Å². The normalized spacial score (nSPS) is 15.5. The average molecular weight is 350 g/mol.